The minimum Gasteiger partial charge on any atom is -0.453 e. The zero-order chi connectivity index (χ0) is 15.9. The molecule has 5 heteroatoms. The molecule has 0 bridgehead atoms. The Morgan fingerprint density at radius 2 is 1.86 bits per heavy atom. The zero-order valence-electron chi connectivity index (χ0n) is 13.3. The van der Waals surface area contributed by atoms with Crippen molar-refractivity contribution in [2.75, 3.05) is 20.2 Å². The number of benzene rings is 1. The highest BCUT2D eigenvalue weighted by atomic mass is 16.5. The molecule has 0 unspecified atom stereocenters. The molecule has 1 N–H and O–H groups in total. The first-order chi connectivity index (χ1) is 10.6. The fourth-order valence-corrected chi connectivity index (χ4v) is 2.65. The molecule has 1 aromatic carbocycles. The number of likely N-dealkylation sites (tertiary alicyclic amines) is 1. The summed E-state index contributed by atoms with van der Waals surface area (Å²) in [5.41, 5.74) is 2.41. The van der Waals surface area contributed by atoms with Gasteiger partial charge in [-0.05, 0) is 31.7 Å². The van der Waals surface area contributed by atoms with E-state index in [4.69, 9.17) is 4.74 Å². The third-order valence-electron chi connectivity index (χ3n) is 4.05. The van der Waals surface area contributed by atoms with Gasteiger partial charge < -0.3 is 15.0 Å². The van der Waals surface area contributed by atoms with Crippen LogP contribution in [0.4, 0.5) is 4.79 Å². The van der Waals surface area contributed by atoms with E-state index in [0.29, 0.717) is 19.5 Å². The Morgan fingerprint density at radius 1 is 1.23 bits per heavy atom. The van der Waals surface area contributed by atoms with Crippen LogP contribution in [0.2, 0.25) is 0 Å². The molecule has 1 heterocycles. The van der Waals surface area contributed by atoms with Gasteiger partial charge in [-0.1, -0.05) is 29.8 Å². The van der Waals surface area contributed by atoms with Crippen LogP contribution in [-0.4, -0.2) is 43.1 Å². The van der Waals surface area contributed by atoms with E-state index in [-0.39, 0.29) is 18.0 Å². The fourth-order valence-electron chi connectivity index (χ4n) is 2.65. The molecule has 120 valence electrons. The number of ether oxygens (including phenoxy) is 1. The van der Waals surface area contributed by atoms with E-state index in [1.54, 1.807) is 4.90 Å². The number of carbonyl (C=O) groups is 2. The molecule has 1 aliphatic heterocycles. The molecule has 1 aliphatic rings. The van der Waals surface area contributed by atoms with E-state index in [0.717, 1.165) is 19.3 Å². The SMILES string of the molecule is COC(=O)N1CCC(NC(=O)CCc2ccc(C)cc2)CC1. The smallest absolute Gasteiger partial charge is 0.409 e. The van der Waals surface area contributed by atoms with Crippen LogP contribution in [0.1, 0.15) is 30.4 Å². The van der Waals surface area contributed by atoms with E-state index in [1.165, 1.54) is 18.2 Å². The van der Waals surface area contributed by atoms with E-state index in [2.05, 4.69) is 36.5 Å². The van der Waals surface area contributed by atoms with Crippen LogP contribution in [0.3, 0.4) is 0 Å². The molecule has 1 aromatic rings. The van der Waals surface area contributed by atoms with E-state index in [9.17, 15) is 9.59 Å². The van der Waals surface area contributed by atoms with Crippen molar-refractivity contribution in [3.05, 3.63) is 35.4 Å². The van der Waals surface area contributed by atoms with Gasteiger partial charge >= 0.3 is 6.09 Å². The Hall–Kier alpha value is -2.04. The van der Waals surface area contributed by atoms with E-state index >= 15 is 0 Å². The normalized spacial score (nSPS) is 15.5. The second-order valence-electron chi connectivity index (χ2n) is 5.78. The maximum atomic E-state index is 12.0. The van der Waals surface area contributed by atoms with Gasteiger partial charge in [-0.2, -0.15) is 0 Å². The predicted octanol–water partition coefficient (Wildman–Crippen LogP) is 2.27. The molecular formula is C17H24N2O3. The lowest BCUT2D eigenvalue weighted by Gasteiger charge is -2.31. The van der Waals surface area contributed by atoms with Gasteiger partial charge in [0.05, 0.1) is 7.11 Å². The van der Waals surface area contributed by atoms with Crippen LogP contribution in [-0.2, 0) is 16.0 Å². The van der Waals surface area contributed by atoms with Gasteiger partial charge in [0, 0.05) is 25.6 Å². The maximum absolute atomic E-state index is 12.0. The first kappa shape index (κ1) is 16.3. The Balaban J connectivity index is 1.69. The summed E-state index contributed by atoms with van der Waals surface area (Å²) < 4.78 is 4.70. The second-order valence-corrected chi connectivity index (χ2v) is 5.78. The van der Waals surface area contributed by atoms with Crippen molar-refractivity contribution in [3.63, 3.8) is 0 Å². The third-order valence-corrected chi connectivity index (χ3v) is 4.05. The molecule has 1 fully saturated rings. The Morgan fingerprint density at radius 3 is 2.45 bits per heavy atom. The number of nitrogens with one attached hydrogen (secondary N) is 1. The molecule has 0 saturated carbocycles. The summed E-state index contributed by atoms with van der Waals surface area (Å²) in [5.74, 6) is 0.0806. The van der Waals surface area contributed by atoms with Crippen molar-refractivity contribution in [1.82, 2.24) is 10.2 Å². The number of amides is 2. The summed E-state index contributed by atoms with van der Waals surface area (Å²) >= 11 is 0. The summed E-state index contributed by atoms with van der Waals surface area (Å²) in [6.07, 6.45) is 2.54. The van der Waals surface area contributed by atoms with Gasteiger partial charge in [0.15, 0.2) is 0 Å². The number of aryl methyl sites for hydroxylation is 2. The topological polar surface area (TPSA) is 58.6 Å². The molecular weight excluding hydrogens is 280 g/mol. The standard InChI is InChI=1S/C17H24N2O3/c1-13-3-5-14(6-4-13)7-8-16(20)18-15-9-11-19(12-10-15)17(21)22-2/h3-6,15H,7-12H2,1-2H3,(H,18,20). The minimum absolute atomic E-state index is 0.0806. The molecule has 2 amide bonds. The monoisotopic (exact) mass is 304 g/mol. The van der Waals surface area contributed by atoms with Gasteiger partial charge in [-0.25, -0.2) is 4.79 Å². The molecule has 2 rings (SSSR count). The predicted molar refractivity (Wildman–Crippen MR) is 84.6 cm³/mol. The number of piperidine rings is 1. The van der Waals surface area contributed by atoms with Crippen LogP contribution in [0.15, 0.2) is 24.3 Å². The van der Waals surface area contributed by atoms with Crippen molar-refractivity contribution < 1.29 is 14.3 Å². The molecule has 0 aromatic heterocycles. The minimum atomic E-state index is -0.288. The van der Waals surface area contributed by atoms with Crippen LogP contribution in [0.25, 0.3) is 0 Å². The van der Waals surface area contributed by atoms with Gasteiger partial charge in [0.1, 0.15) is 0 Å². The average Bonchev–Trinajstić information content (AvgIpc) is 2.54. The van der Waals surface area contributed by atoms with Gasteiger partial charge in [0.25, 0.3) is 0 Å². The van der Waals surface area contributed by atoms with Gasteiger partial charge in [0.2, 0.25) is 5.91 Å². The molecule has 0 aliphatic carbocycles. The van der Waals surface area contributed by atoms with Crippen molar-refractivity contribution in [3.8, 4) is 0 Å². The Labute approximate surface area is 131 Å². The number of methoxy groups -OCH3 is 1. The lowest BCUT2D eigenvalue weighted by atomic mass is 10.0. The van der Waals surface area contributed by atoms with Crippen molar-refractivity contribution in [2.24, 2.45) is 0 Å². The van der Waals surface area contributed by atoms with Crippen LogP contribution >= 0.6 is 0 Å². The molecule has 0 atom stereocenters. The summed E-state index contributed by atoms with van der Waals surface area (Å²) in [7, 11) is 1.39. The summed E-state index contributed by atoms with van der Waals surface area (Å²) in [6, 6.07) is 8.42. The molecule has 0 radical (unpaired) electrons. The zero-order valence-corrected chi connectivity index (χ0v) is 13.3. The number of hydrogen-bond donors (Lipinski definition) is 1. The molecule has 0 spiro atoms. The van der Waals surface area contributed by atoms with Gasteiger partial charge in [-0.15, -0.1) is 0 Å². The largest absolute Gasteiger partial charge is 0.453 e. The summed E-state index contributed by atoms with van der Waals surface area (Å²) in [4.78, 5) is 25.1. The van der Waals surface area contributed by atoms with Crippen molar-refractivity contribution in [2.45, 2.75) is 38.6 Å². The molecule has 5 nitrogen and oxygen atoms in total. The number of nitrogens with zero attached hydrogens (tertiary/aromatic N) is 1. The third kappa shape index (κ3) is 4.76. The summed E-state index contributed by atoms with van der Waals surface area (Å²) in [6.45, 7) is 3.32. The number of carbonyl (C=O) groups excluding carboxylic acids is 2. The second kappa shape index (κ2) is 7.82. The average molecular weight is 304 g/mol. The fraction of sp³-hybridized carbons (Fsp3) is 0.529. The number of hydrogen-bond acceptors (Lipinski definition) is 3. The summed E-state index contributed by atoms with van der Waals surface area (Å²) in [5, 5.41) is 3.06. The van der Waals surface area contributed by atoms with Gasteiger partial charge in [-0.3, -0.25) is 4.79 Å². The van der Waals surface area contributed by atoms with Crippen LogP contribution < -0.4 is 5.32 Å². The highest BCUT2D eigenvalue weighted by Gasteiger charge is 2.23. The highest BCUT2D eigenvalue weighted by Crippen LogP contribution is 2.12. The lowest BCUT2D eigenvalue weighted by molar-refractivity contribution is -0.122. The lowest BCUT2D eigenvalue weighted by Crippen LogP contribution is -2.46. The quantitative estimate of drug-likeness (QED) is 0.928. The van der Waals surface area contributed by atoms with Crippen molar-refractivity contribution >= 4 is 12.0 Å². The van der Waals surface area contributed by atoms with E-state index < -0.39 is 0 Å². The first-order valence-electron chi connectivity index (χ1n) is 7.76. The van der Waals surface area contributed by atoms with E-state index in [1.807, 2.05) is 0 Å². The molecule has 1 saturated heterocycles. The maximum Gasteiger partial charge on any atom is 0.409 e. The highest BCUT2D eigenvalue weighted by molar-refractivity contribution is 5.76. The Bertz CT molecular complexity index is 505. The van der Waals surface area contributed by atoms with Crippen LogP contribution in [0.5, 0.6) is 0 Å². The first-order valence-corrected chi connectivity index (χ1v) is 7.76. The van der Waals surface area contributed by atoms with Crippen LogP contribution in [0, 0.1) is 6.92 Å². The van der Waals surface area contributed by atoms with Crippen molar-refractivity contribution in [1.29, 1.82) is 0 Å². The Kier molecular flexibility index (Phi) is 5.81. The molecule has 22 heavy (non-hydrogen) atoms. The number of rotatable bonds is 4.